The highest BCUT2D eigenvalue weighted by Crippen LogP contribution is 2.26. The van der Waals surface area contributed by atoms with Crippen LogP contribution >= 0.6 is 0 Å². The maximum absolute atomic E-state index is 12.0. The predicted octanol–water partition coefficient (Wildman–Crippen LogP) is 0.869. The van der Waals surface area contributed by atoms with E-state index < -0.39 is 10.0 Å². The molecule has 1 aromatic carbocycles. The van der Waals surface area contributed by atoms with E-state index in [0.29, 0.717) is 24.3 Å². The minimum atomic E-state index is -3.48. The zero-order valence-electron chi connectivity index (χ0n) is 11.3. The molecule has 0 aromatic heterocycles. The third-order valence-corrected chi connectivity index (χ3v) is 4.56. The summed E-state index contributed by atoms with van der Waals surface area (Å²) in [5.74, 6) is 0. The van der Waals surface area contributed by atoms with E-state index in [0.717, 1.165) is 4.31 Å². The molecule has 0 fully saturated rings. The van der Waals surface area contributed by atoms with Crippen molar-refractivity contribution >= 4 is 21.4 Å². The van der Waals surface area contributed by atoms with E-state index in [4.69, 9.17) is 11.0 Å². The molecule has 2 N–H and O–H groups in total. The van der Waals surface area contributed by atoms with Crippen LogP contribution in [0.5, 0.6) is 0 Å². The number of nitriles is 1. The van der Waals surface area contributed by atoms with Crippen LogP contribution in [0.3, 0.4) is 0 Å². The molecular formula is C12H18N4O2S. The zero-order valence-corrected chi connectivity index (χ0v) is 12.1. The molecule has 0 saturated heterocycles. The van der Waals surface area contributed by atoms with E-state index in [1.54, 1.807) is 6.07 Å². The molecule has 1 aromatic rings. The SMILES string of the molecule is CN(CCC#N)c1ccc(S(=O)(=O)N(C)C)cc1N. The molecule has 19 heavy (non-hydrogen) atoms. The monoisotopic (exact) mass is 282 g/mol. The molecule has 0 aliphatic heterocycles. The predicted molar refractivity (Wildman–Crippen MR) is 75.2 cm³/mol. The van der Waals surface area contributed by atoms with Gasteiger partial charge < -0.3 is 10.6 Å². The topological polar surface area (TPSA) is 90.4 Å². The molecule has 0 heterocycles. The van der Waals surface area contributed by atoms with E-state index in [-0.39, 0.29) is 4.90 Å². The summed E-state index contributed by atoms with van der Waals surface area (Å²) in [6.07, 6.45) is 0.383. The van der Waals surface area contributed by atoms with Gasteiger partial charge in [-0.15, -0.1) is 0 Å². The smallest absolute Gasteiger partial charge is 0.242 e. The van der Waals surface area contributed by atoms with Gasteiger partial charge in [0.15, 0.2) is 0 Å². The van der Waals surface area contributed by atoms with E-state index >= 15 is 0 Å². The summed E-state index contributed by atoms with van der Waals surface area (Å²) in [4.78, 5) is 1.98. The molecule has 0 bridgehead atoms. The van der Waals surface area contributed by atoms with Crippen molar-refractivity contribution in [3.05, 3.63) is 18.2 Å². The number of rotatable bonds is 5. The molecule has 104 valence electrons. The lowest BCUT2D eigenvalue weighted by Crippen LogP contribution is -2.23. The highest BCUT2D eigenvalue weighted by molar-refractivity contribution is 7.89. The molecular weight excluding hydrogens is 264 g/mol. The normalized spacial score (nSPS) is 11.3. The van der Waals surface area contributed by atoms with Crippen LogP contribution in [0.1, 0.15) is 6.42 Å². The van der Waals surface area contributed by atoms with Crippen LogP contribution in [0.4, 0.5) is 11.4 Å². The van der Waals surface area contributed by atoms with E-state index in [1.165, 1.54) is 26.2 Å². The Morgan fingerprint density at radius 3 is 2.42 bits per heavy atom. The number of anilines is 2. The molecule has 6 nitrogen and oxygen atoms in total. The Hall–Kier alpha value is -1.78. The summed E-state index contributed by atoms with van der Waals surface area (Å²) in [5, 5.41) is 8.55. The first kappa shape index (κ1) is 15.3. The molecule has 0 unspecified atom stereocenters. The Kier molecular flexibility index (Phi) is 4.75. The van der Waals surface area contributed by atoms with Crippen LogP contribution in [0.15, 0.2) is 23.1 Å². The Balaban J connectivity index is 3.09. The first-order chi connectivity index (χ1) is 8.80. The van der Waals surface area contributed by atoms with Crippen molar-refractivity contribution in [1.29, 1.82) is 5.26 Å². The highest BCUT2D eigenvalue weighted by atomic mass is 32.2. The molecule has 0 saturated carbocycles. The van der Waals surface area contributed by atoms with Gasteiger partial charge in [0.1, 0.15) is 0 Å². The Labute approximate surface area is 114 Å². The standard InChI is InChI=1S/C12H18N4O2S/c1-15(2)19(17,18)10-5-6-12(11(14)9-10)16(3)8-4-7-13/h5-6,9H,4,8,14H2,1-3H3. The molecule has 0 amide bonds. The lowest BCUT2D eigenvalue weighted by atomic mass is 10.2. The van der Waals surface area contributed by atoms with Crippen molar-refractivity contribution in [1.82, 2.24) is 4.31 Å². The molecule has 0 atom stereocenters. The molecule has 0 aliphatic rings. The van der Waals surface area contributed by atoms with Crippen molar-refractivity contribution in [3.8, 4) is 6.07 Å². The third kappa shape index (κ3) is 3.36. The van der Waals surface area contributed by atoms with Gasteiger partial charge in [-0.3, -0.25) is 0 Å². The minimum Gasteiger partial charge on any atom is -0.397 e. The largest absolute Gasteiger partial charge is 0.397 e. The van der Waals surface area contributed by atoms with Crippen molar-refractivity contribution in [2.24, 2.45) is 0 Å². The quantitative estimate of drug-likeness (QED) is 0.809. The van der Waals surface area contributed by atoms with Gasteiger partial charge in [0, 0.05) is 27.7 Å². The van der Waals surface area contributed by atoms with Gasteiger partial charge in [-0.1, -0.05) is 0 Å². The van der Waals surface area contributed by atoms with Gasteiger partial charge in [0.05, 0.1) is 28.8 Å². The molecule has 0 aliphatic carbocycles. The second kappa shape index (κ2) is 5.91. The van der Waals surface area contributed by atoms with Gasteiger partial charge in [-0.25, -0.2) is 12.7 Å². The van der Waals surface area contributed by atoms with E-state index in [1.807, 2.05) is 11.9 Å². The fraction of sp³-hybridized carbons (Fsp3) is 0.417. The molecule has 0 spiro atoms. The number of nitrogen functional groups attached to an aromatic ring is 1. The van der Waals surface area contributed by atoms with Crippen LogP contribution in [-0.4, -0.2) is 40.4 Å². The average molecular weight is 282 g/mol. The van der Waals surface area contributed by atoms with Crippen molar-refractivity contribution in [2.75, 3.05) is 38.3 Å². The minimum absolute atomic E-state index is 0.160. The Morgan fingerprint density at radius 2 is 1.95 bits per heavy atom. The Bertz CT molecular complexity index is 590. The first-order valence-corrected chi connectivity index (χ1v) is 7.15. The van der Waals surface area contributed by atoms with Crippen molar-refractivity contribution < 1.29 is 8.42 Å². The van der Waals surface area contributed by atoms with Gasteiger partial charge in [0.25, 0.3) is 0 Å². The van der Waals surface area contributed by atoms with Crippen LogP contribution in [0, 0.1) is 11.3 Å². The summed E-state index contributed by atoms with van der Waals surface area (Å²) in [6.45, 7) is 0.542. The van der Waals surface area contributed by atoms with E-state index in [2.05, 4.69) is 6.07 Å². The fourth-order valence-corrected chi connectivity index (χ4v) is 2.53. The molecule has 1 rings (SSSR count). The van der Waals surface area contributed by atoms with Crippen LogP contribution in [0.25, 0.3) is 0 Å². The van der Waals surface area contributed by atoms with Gasteiger partial charge >= 0.3 is 0 Å². The number of hydrogen-bond acceptors (Lipinski definition) is 5. The van der Waals surface area contributed by atoms with Crippen molar-refractivity contribution in [3.63, 3.8) is 0 Å². The fourth-order valence-electron chi connectivity index (χ4n) is 1.59. The van der Waals surface area contributed by atoms with E-state index in [9.17, 15) is 8.42 Å². The highest BCUT2D eigenvalue weighted by Gasteiger charge is 2.18. The lowest BCUT2D eigenvalue weighted by Gasteiger charge is -2.21. The second-order valence-corrected chi connectivity index (χ2v) is 6.49. The van der Waals surface area contributed by atoms with Gasteiger partial charge in [-0.2, -0.15) is 5.26 Å². The number of benzene rings is 1. The average Bonchev–Trinajstić information content (AvgIpc) is 2.35. The summed E-state index contributed by atoms with van der Waals surface area (Å²) in [5.41, 5.74) is 6.98. The van der Waals surface area contributed by atoms with Crippen molar-refractivity contribution in [2.45, 2.75) is 11.3 Å². The Morgan fingerprint density at radius 1 is 1.32 bits per heavy atom. The number of nitrogens with zero attached hydrogens (tertiary/aromatic N) is 3. The summed E-state index contributed by atoms with van der Waals surface area (Å²) >= 11 is 0. The van der Waals surface area contributed by atoms with Crippen LogP contribution < -0.4 is 10.6 Å². The lowest BCUT2D eigenvalue weighted by molar-refractivity contribution is 0.521. The molecule has 0 radical (unpaired) electrons. The zero-order chi connectivity index (χ0) is 14.6. The van der Waals surface area contributed by atoms with Gasteiger partial charge in [0.2, 0.25) is 10.0 Å². The second-order valence-electron chi connectivity index (χ2n) is 4.34. The molecule has 7 heteroatoms. The third-order valence-electron chi connectivity index (χ3n) is 2.75. The number of sulfonamides is 1. The summed E-state index contributed by atoms with van der Waals surface area (Å²) in [7, 11) is 1.27. The van der Waals surface area contributed by atoms with Crippen LogP contribution in [0.2, 0.25) is 0 Å². The number of hydrogen-bond donors (Lipinski definition) is 1. The maximum Gasteiger partial charge on any atom is 0.242 e. The first-order valence-electron chi connectivity index (χ1n) is 5.71. The summed E-state index contributed by atoms with van der Waals surface area (Å²) < 4.78 is 25.0. The van der Waals surface area contributed by atoms with Crippen LogP contribution in [-0.2, 0) is 10.0 Å². The number of nitrogens with two attached hydrogens (primary N) is 1. The summed E-state index contributed by atoms with van der Waals surface area (Å²) in [6, 6.07) is 6.66. The maximum atomic E-state index is 12.0. The van der Waals surface area contributed by atoms with Gasteiger partial charge in [-0.05, 0) is 18.2 Å².